The molecule has 2 aliphatic rings. The van der Waals surface area contributed by atoms with Crippen LogP contribution < -0.4 is 16.0 Å². The van der Waals surface area contributed by atoms with Crippen LogP contribution in [0.4, 0.5) is 13.2 Å². The fourth-order valence-electron chi connectivity index (χ4n) is 7.13. The second kappa shape index (κ2) is 18.6. The first kappa shape index (κ1) is 39.7. The Hall–Kier alpha value is -5.98. The molecule has 2 heterocycles. The number of hydrogen-bond acceptors (Lipinski definition) is 5. The Morgan fingerprint density at radius 2 is 0.839 bits per heavy atom. The fraction of sp³-hybridized carbons (Fsp3) is 0.326. The van der Waals surface area contributed by atoms with Gasteiger partial charge in [-0.2, -0.15) is 0 Å². The highest BCUT2D eigenvalue weighted by atomic mass is 19.1. The van der Waals surface area contributed by atoms with E-state index in [0.29, 0.717) is 44.3 Å². The summed E-state index contributed by atoms with van der Waals surface area (Å²) in [5, 5.41) is 8.64. The first-order valence-corrected chi connectivity index (χ1v) is 18.8. The van der Waals surface area contributed by atoms with E-state index in [2.05, 4.69) is 16.0 Å². The maximum Gasteiger partial charge on any atom is 0.253 e. The minimum absolute atomic E-state index is 0.000917. The number of carbonyl (C=O) groups is 5. The Labute approximate surface area is 323 Å². The summed E-state index contributed by atoms with van der Waals surface area (Å²) in [6, 6.07) is 24.2. The average Bonchev–Trinajstić information content (AvgIpc) is 3.89. The second-order valence-electron chi connectivity index (χ2n) is 14.2. The molecule has 4 aromatic carbocycles. The summed E-state index contributed by atoms with van der Waals surface area (Å²) in [6.07, 6.45) is 1.97. The smallest absolute Gasteiger partial charge is 0.253 e. The highest BCUT2D eigenvalue weighted by molar-refractivity contribution is 5.99. The molecule has 3 N–H and O–H groups in total. The molecule has 56 heavy (non-hydrogen) atoms. The van der Waals surface area contributed by atoms with Crippen molar-refractivity contribution >= 4 is 29.5 Å². The normalized spacial score (nSPS) is 17.7. The number of nitrogens with one attached hydrogen (secondary N) is 3. The van der Waals surface area contributed by atoms with Gasteiger partial charge in [0, 0.05) is 56.9 Å². The first-order valence-electron chi connectivity index (χ1n) is 18.8. The molecule has 0 saturated carbocycles. The van der Waals surface area contributed by atoms with Gasteiger partial charge in [0.2, 0.25) is 17.7 Å². The van der Waals surface area contributed by atoms with Crippen molar-refractivity contribution in [1.82, 2.24) is 25.8 Å². The van der Waals surface area contributed by atoms with E-state index in [1.54, 1.807) is 65.6 Å². The lowest BCUT2D eigenvalue weighted by atomic mass is 9.94. The van der Waals surface area contributed by atoms with E-state index in [4.69, 9.17) is 0 Å². The van der Waals surface area contributed by atoms with Gasteiger partial charge in [0.1, 0.15) is 17.5 Å². The van der Waals surface area contributed by atoms with Crippen LogP contribution in [0.25, 0.3) is 0 Å². The van der Waals surface area contributed by atoms with Gasteiger partial charge in [0.05, 0.1) is 17.8 Å². The van der Waals surface area contributed by atoms with Crippen LogP contribution in [0.1, 0.15) is 43.8 Å². The molecule has 13 heteroatoms. The number of rotatable bonds is 14. The van der Waals surface area contributed by atoms with Crippen molar-refractivity contribution in [1.29, 1.82) is 0 Å². The average molecular weight is 768 g/mol. The highest BCUT2D eigenvalue weighted by Gasteiger charge is 2.43. The topological polar surface area (TPSA) is 128 Å². The predicted octanol–water partition coefficient (Wildman–Crippen LogP) is 4.33. The molecule has 292 valence electrons. The molecule has 0 unspecified atom stereocenters. The number of hydrogen-bond donors (Lipinski definition) is 3. The molecule has 0 spiro atoms. The zero-order valence-electron chi connectivity index (χ0n) is 30.8. The van der Waals surface area contributed by atoms with Crippen molar-refractivity contribution < 1.29 is 37.1 Å². The molecule has 0 aliphatic carbocycles. The van der Waals surface area contributed by atoms with Crippen LogP contribution in [0.15, 0.2) is 97.1 Å². The van der Waals surface area contributed by atoms with E-state index < -0.39 is 17.7 Å². The van der Waals surface area contributed by atoms with Crippen LogP contribution >= 0.6 is 0 Å². The molecular weight excluding hydrogens is 723 g/mol. The van der Waals surface area contributed by atoms with E-state index in [1.807, 2.05) is 0 Å². The summed E-state index contributed by atoms with van der Waals surface area (Å²) in [5.41, 5.74) is 3.21. The molecule has 6 rings (SSSR count). The van der Waals surface area contributed by atoms with Crippen molar-refractivity contribution in [3.63, 3.8) is 0 Å². The maximum absolute atomic E-state index is 13.7. The quantitative estimate of drug-likeness (QED) is 0.176. The summed E-state index contributed by atoms with van der Waals surface area (Å²) in [5.74, 6) is -4.62. The van der Waals surface area contributed by atoms with Gasteiger partial charge in [-0.15, -0.1) is 0 Å². The Kier molecular flexibility index (Phi) is 13.2. The standard InChI is InChI=1S/C43H44F3N5O5/c44-34-11-1-28(2-12-34)17-21-47-39(52)33-20-24-50(25-33)42(55)31-7-9-32(10-8-31)43(56)51-26-37(40(53)48-22-18-29-3-13-35(45)14-4-29)38(27-51)41(54)49-23-19-30-5-15-36(46)16-6-30/h1-16,33,37-38H,17-27H2,(H,47,52)(H,48,53)(H,49,54)/t33-,37+,38+/m1/s1. The number of likely N-dealkylation sites (tertiary alicyclic amines) is 2. The summed E-state index contributed by atoms with van der Waals surface area (Å²) in [7, 11) is 0. The largest absolute Gasteiger partial charge is 0.355 e. The molecule has 3 atom stereocenters. The molecule has 0 bridgehead atoms. The minimum atomic E-state index is -0.831. The molecular formula is C43H44F3N5O5. The third kappa shape index (κ3) is 10.4. The Morgan fingerprint density at radius 1 is 0.482 bits per heavy atom. The maximum atomic E-state index is 13.7. The Bertz CT molecular complexity index is 1940. The van der Waals surface area contributed by atoms with Crippen LogP contribution in [0, 0.1) is 35.2 Å². The van der Waals surface area contributed by atoms with E-state index in [0.717, 1.165) is 16.7 Å². The predicted molar refractivity (Wildman–Crippen MR) is 203 cm³/mol. The lowest BCUT2D eigenvalue weighted by Crippen LogP contribution is -2.42. The van der Waals surface area contributed by atoms with Crippen molar-refractivity contribution in [2.75, 3.05) is 45.8 Å². The monoisotopic (exact) mass is 767 g/mol. The van der Waals surface area contributed by atoms with Gasteiger partial charge in [-0.1, -0.05) is 36.4 Å². The zero-order valence-corrected chi connectivity index (χ0v) is 30.8. The van der Waals surface area contributed by atoms with E-state index in [1.165, 1.54) is 41.3 Å². The summed E-state index contributed by atoms with van der Waals surface area (Å²) >= 11 is 0. The van der Waals surface area contributed by atoms with Gasteiger partial charge in [-0.05, 0) is 103 Å². The number of benzene rings is 4. The Balaban J connectivity index is 1.03. The highest BCUT2D eigenvalue weighted by Crippen LogP contribution is 2.27. The molecule has 10 nitrogen and oxygen atoms in total. The summed E-state index contributed by atoms with van der Waals surface area (Å²) in [6.45, 7) is 1.57. The fourth-order valence-corrected chi connectivity index (χ4v) is 7.13. The van der Waals surface area contributed by atoms with Crippen LogP contribution in [-0.2, 0) is 33.6 Å². The second-order valence-corrected chi connectivity index (χ2v) is 14.2. The van der Waals surface area contributed by atoms with Crippen molar-refractivity contribution in [3.8, 4) is 0 Å². The van der Waals surface area contributed by atoms with Crippen LogP contribution in [0.2, 0.25) is 0 Å². The SMILES string of the molecule is O=C(NCCc1ccc(F)cc1)[C@@H]1CCN(C(=O)c2ccc(C(=O)N3C[C@H](C(=O)NCCc4ccc(F)cc4)[C@@H](C(=O)NCCc4ccc(F)cc4)C3)cc2)C1. The molecule has 2 fully saturated rings. The molecule has 0 radical (unpaired) electrons. The first-order chi connectivity index (χ1) is 27.0. The third-order valence-electron chi connectivity index (χ3n) is 10.4. The van der Waals surface area contributed by atoms with Gasteiger partial charge < -0.3 is 25.8 Å². The molecule has 5 amide bonds. The van der Waals surface area contributed by atoms with Gasteiger partial charge in [0.25, 0.3) is 11.8 Å². The summed E-state index contributed by atoms with van der Waals surface area (Å²) in [4.78, 5) is 69.9. The van der Waals surface area contributed by atoms with E-state index in [9.17, 15) is 37.1 Å². The van der Waals surface area contributed by atoms with E-state index >= 15 is 0 Å². The van der Waals surface area contributed by atoms with Gasteiger partial charge >= 0.3 is 0 Å². The zero-order chi connectivity index (χ0) is 39.6. The molecule has 2 aliphatic heterocycles. The van der Waals surface area contributed by atoms with E-state index in [-0.39, 0.29) is 85.3 Å². The lowest BCUT2D eigenvalue weighted by molar-refractivity contribution is -0.132. The van der Waals surface area contributed by atoms with Crippen molar-refractivity contribution in [3.05, 3.63) is 142 Å². The number of nitrogens with zero attached hydrogens (tertiary/aromatic N) is 2. The van der Waals surface area contributed by atoms with Crippen LogP contribution in [0.5, 0.6) is 0 Å². The lowest BCUT2D eigenvalue weighted by Gasteiger charge is -2.18. The van der Waals surface area contributed by atoms with Gasteiger partial charge in [-0.3, -0.25) is 24.0 Å². The van der Waals surface area contributed by atoms with Crippen LogP contribution in [0.3, 0.4) is 0 Å². The van der Waals surface area contributed by atoms with Crippen molar-refractivity contribution in [2.24, 2.45) is 17.8 Å². The molecule has 4 aromatic rings. The molecule has 2 saturated heterocycles. The number of amides is 5. The third-order valence-corrected chi connectivity index (χ3v) is 10.4. The van der Waals surface area contributed by atoms with Gasteiger partial charge in [0.15, 0.2) is 0 Å². The summed E-state index contributed by atoms with van der Waals surface area (Å²) < 4.78 is 39.8. The van der Waals surface area contributed by atoms with Crippen LogP contribution in [-0.4, -0.2) is 85.1 Å². The minimum Gasteiger partial charge on any atom is -0.355 e. The van der Waals surface area contributed by atoms with Gasteiger partial charge in [-0.25, -0.2) is 13.2 Å². The number of carbonyl (C=O) groups excluding carboxylic acids is 5. The Morgan fingerprint density at radius 3 is 1.23 bits per heavy atom. The van der Waals surface area contributed by atoms with Crippen molar-refractivity contribution in [2.45, 2.75) is 25.7 Å². The molecule has 0 aromatic heterocycles. The number of halogens is 3.